The number of hydrogen-bond donors (Lipinski definition) is 0. The molecule has 3 nitrogen and oxygen atoms in total. The van der Waals surface area contributed by atoms with Gasteiger partial charge < -0.3 is 9.47 Å². The third-order valence-corrected chi connectivity index (χ3v) is 3.23. The van der Waals surface area contributed by atoms with Gasteiger partial charge in [0.1, 0.15) is 17.2 Å². The van der Waals surface area contributed by atoms with Gasteiger partial charge in [-0.15, -0.1) is 0 Å². The van der Waals surface area contributed by atoms with Crippen molar-refractivity contribution in [3.63, 3.8) is 0 Å². The molecular formula is C14H19BrO3. The van der Waals surface area contributed by atoms with E-state index in [-0.39, 0.29) is 12.6 Å². The Morgan fingerprint density at radius 2 is 2.00 bits per heavy atom. The number of halogens is 1. The molecule has 0 aliphatic heterocycles. The Kier molecular flexibility index (Phi) is 6.80. The second-order valence-corrected chi connectivity index (χ2v) is 5.15. The highest BCUT2D eigenvalue weighted by atomic mass is 79.9. The number of benzene rings is 1. The molecule has 0 heterocycles. The minimum Gasteiger partial charge on any atom is -0.492 e. The molecule has 0 amide bonds. The van der Waals surface area contributed by atoms with Gasteiger partial charge in [-0.05, 0) is 30.5 Å². The molecule has 0 saturated heterocycles. The van der Waals surface area contributed by atoms with Crippen LogP contribution in [0.4, 0.5) is 0 Å². The number of rotatable bonds is 7. The minimum atomic E-state index is -0.428. The number of methoxy groups -OCH3 is 1. The van der Waals surface area contributed by atoms with Gasteiger partial charge in [-0.25, -0.2) is 0 Å². The summed E-state index contributed by atoms with van der Waals surface area (Å²) in [6, 6.07) is 7.99. The zero-order valence-corrected chi connectivity index (χ0v) is 12.4. The fourth-order valence-electron chi connectivity index (χ4n) is 1.50. The number of carbonyl (C=O) groups is 1. The van der Waals surface area contributed by atoms with E-state index in [4.69, 9.17) is 4.74 Å². The van der Waals surface area contributed by atoms with Gasteiger partial charge in [-0.1, -0.05) is 41.4 Å². The quantitative estimate of drug-likeness (QED) is 0.572. The zero-order chi connectivity index (χ0) is 13.4. The number of hydrogen-bond acceptors (Lipinski definition) is 3. The average molecular weight is 315 g/mol. The van der Waals surface area contributed by atoms with Crippen LogP contribution in [0.15, 0.2) is 24.3 Å². The first-order valence-electron chi connectivity index (χ1n) is 6.11. The van der Waals surface area contributed by atoms with E-state index in [1.807, 2.05) is 12.1 Å². The predicted molar refractivity (Wildman–Crippen MR) is 75.3 cm³/mol. The lowest BCUT2D eigenvalue weighted by Gasteiger charge is -2.10. The third kappa shape index (κ3) is 5.08. The van der Waals surface area contributed by atoms with Gasteiger partial charge in [0.15, 0.2) is 0 Å². The van der Waals surface area contributed by atoms with Gasteiger partial charge in [0.25, 0.3) is 0 Å². The fourth-order valence-corrected chi connectivity index (χ4v) is 1.82. The van der Waals surface area contributed by atoms with Crippen molar-refractivity contribution in [2.75, 3.05) is 13.7 Å². The third-order valence-electron chi connectivity index (χ3n) is 2.60. The summed E-state index contributed by atoms with van der Waals surface area (Å²) in [6.45, 7) is 2.45. The molecule has 1 atom stereocenters. The van der Waals surface area contributed by atoms with E-state index in [9.17, 15) is 4.79 Å². The van der Waals surface area contributed by atoms with E-state index < -0.39 is 4.83 Å². The van der Waals surface area contributed by atoms with Crippen LogP contribution in [-0.2, 0) is 16.0 Å². The van der Waals surface area contributed by atoms with Crippen molar-refractivity contribution in [1.29, 1.82) is 0 Å². The molecular weight excluding hydrogens is 296 g/mol. The normalized spacial score (nSPS) is 11.9. The Morgan fingerprint density at radius 1 is 1.33 bits per heavy atom. The molecule has 0 saturated carbocycles. The van der Waals surface area contributed by atoms with Crippen LogP contribution in [0.3, 0.4) is 0 Å². The summed E-state index contributed by atoms with van der Waals surface area (Å²) < 4.78 is 10.1. The molecule has 0 aliphatic rings. The summed E-state index contributed by atoms with van der Waals surface area (Å²) >= 11 is 3.21. The van der Waals surface area contributed by atoms with Crippen molar-refractivity contribution in [2.24, 2.45) is 0 Å². The van der Waals surface area contributed by atoms with Crippen molar-refractivity contribution in [1.82, 2.24) is 0 Å². The molecule has 0 N–H and O–H groups in total. The summed E-state index contributed by atoms with van der Waals surface area (Å²) in [5.41, 5.74) is 1.31. The van der Waals surface area contributed by atoms with E-state index in [0.29, 0.717) is 0 Å². The highest BCUT2D eigenvalue weighted by Crippen LogP contribution is 2.15. The number of alkyl halides is 1. The van der Waals surface area contributed by atoms with Gasteiger partial charge in [0.2, 0.25) is 0 Å². The summed E-state index contributed by atoms with van der Waals surface area (Å²) in [4.78, 5) is 10.7. The zero-order valence-electron chi connectivity index (χ0n) is 10.8. The average Bonchev–Trinajstić information content (AvgIpc) is 2.42. The summed E-state index contributed by atoms with van der Waals surface area (Å²) in [5.74, 6) is 0.443. The molecule has 0 radical (unpaired) electrons. The fraction of sp³-hybridized carbons (Fsp3) is 0.500. The van der Waals surface area contributed by atoms with Crippen LogP contribution >= 0.6 is 15.9 Å². The van der Waals surface area contributed by atoms with Crippen LogP contribution < -0.4 is 4.74 Å². The van der Waals surface area contributed by atoms with Crippen LogP contribution in [0, 0.1) is 0 Å². The Morgan fingerprint density at radius 3 is 2.56 bits per heavy atom. The molecule has 18 heavy (non-hydrogen) atoms. The van der Waals surface area contributed by atoms with Crippen LogP contribution in [0.1, 0.15) is 25.3 Å². The van der Waals surface area contributed by atoms with Crippen LogP contribution in [0.2, 0.25) is 0 Å². The van der Waals surface area contributed by atoms with Gasteiger partial charge in [-0.2, -0.15) is 0 Å². The molecule has 0 fully saturated rings. The number of aryl methyl sites for hydroxylation is 1. The van der Waals surface area contributed by atoms with Crippen molar-refractivity contribution in [3.8, 4) is 5.75 Å². The van der Waals surface area contributed by atoms with E-state index in [0.717, 1.165) is 12.2 Å². The molecule has 1 aromatic rings. The van der Waals surface area contributed by atoms with Crippen molar-refractivity contribution in [2.45, 2.75) is 31.0 Å². The molecule has 4 heteroatoms. The largest absolute Gasteiger partial charge is 0.492 e. The van der Waals surface area contributed by atoms with Crippen molar-refractivity contribution < 1.29 is 14.3 Å². The number of unbranched alkanes of at least 4 members (excludes halogenated alkanes) is 1. The standard InChI is InChI=1S/C14H19BrO3/c1-3-4-5-11-6-8-12(9-7-11)18-10-13(15)14(16)17-2/h6-9,13H,3-5,10H2,1-2H3. The van der Waals surface area contributed by atoms with Gasteiger partial charge in [-0.3, -0.25) is 4.79 Å². The highest BCUT2D eigenvalue weighted by molar-refractivity contribution is 9.10. The Balaban J connectivity index is 2.41. The van der Waals surface area contributed by atoms with E-state index in [1.54, 1.807) is 0 Å². The number of carbonyl (C=O) groups excluding carboxylic acids is 1. The highest BCUT2D eigenvalue weighted by Gasteiger charge is 2.15. The monoisotopic (exact) mass is 314 g/mol. The summed E-state index contributed by atoms with van der Waals surface area (Å²) in [6.07, 6.45) is 3.49. The molecule has 0 aliphatic carbocycles. The van der Waals surface area contributed by atoms with Gasteiger partial charge in [0.05, 0.1) is 7.11 Å². The van der Waals surface area contributed by atoms with Crippen LogP contribution in [-0.4, -0.2) is 24.5 Å². The van der Waals surface area contributed by atoms with Crippen molar-refractivity contribution >= 4 is 21.9 Å². The van der Waals surface area contributed by atoms with Crippen LogP contribution in [0.5, 0.6) is 5.75 Å². The number of ether oxygens (including phenoxy) is 2. The molecule has 0 bridgehead atoms. The van der Waals surface area contributed by atoms with Crippen LogP contribution in [0.25, 0.3) is 0 Å². The molecule has 100 valence electrons. The van der Waals surface area contributed by atoms with E-state index in [2.05, 4.69) is 39.7 Å². The topological polar surface area (TPSA) is 35.5 Å². The maximum absolute atomic E-state index is 11.2. The second-order valence-electron chi connectivity index (χ2n) is 4.05. The Bertz CT molecular complexity index is 362. The first kappa shape index (κ1) is 15.0. The predicted octanol–water partition coefficient (Wildman–Crippen LogP) is 3.34. The number of esters is 1. The molecule has 1 rings (SSSR count). The van der Waals surface area contributed by atoms with E-state index >= 15 is 0 Å². The Labute approximate surface area is 117 Å². The maximum Gasteiger partial charge on any atom is 0.322 e. The first-order valence-corrected chi connectivity index (χ1v) is 7.02. The summed E-state index contributed by atoms with van der Waals surface area (Å²) in [7, 11) is 1.36. The lowest BCUT2D eigenvalue weighted by Crippen LogP contribution is -2.22. The van der Waals surface area contributed by atoms with Gasteiger partial charge in [0, 0.05) is 0 Å². The van der Waals surface area contributed by atoms with Crippen molar-refractivity contribution in [3.05, 3.63) is 29.8 Å². The smallest absolute Gasteiger partial charge is 0.322 e. The lowest BCUT2D eigenvalue weighted by molar-refractivity contribution is -0.140. The summed E-state index contributed by atoms with van der Waals surface area (Å²) in [5, 5.41) is 0. The first-order chi connectivity index (χ1) is 8.67. The molecule has 1 unspecified atom stereocenters. The minimum absolute atomic E-state index is 0.265. The molecule has 0 aromatic heterocycles. The molecule has 0 spiro atoms. The van der Waals surface area contributed by atoms with Gasteiger partial charge >= 0.3 is 5.97 Å². The SMILES string of the molecule is CCCCc1ccc(OCC(Br)C(=O)OC)cc1. The van der Waals surface area contributed by atoms with E-state index in [1.165, 1.54) is 25.5 Å². The maximum atomic E-state index is 11.2. The second kappa shape index (κ2) is 8.14. The lowest BCUT2D eigenvalue weighted by atomic mass is 10.1. The molecule has 1 aromatic carbocycles. The Hall–Kier alpha value is -1.03.